The minimum absolute atomic E-state index is 0.468. The summed E-state index contributed by atoms with van der Waals surface area (Å²) in [5, 5.41) is 8.97. The number of hydrogen-bond donors (Lipinski definition) is 1. The van der Waals surface area contributed by atoms with Crippen molar-refractivity contribution in [2.24, 2.45) is 5.92 Å². The zero-order chi connectivity index (χ0) is 14.1. The van der Waals surface area contributed by atoms with E-state index in [2.05, 4.69) is 52.1 Å². The Morgan fingerprint density at radius 3 is 2.52 bits per heavy atom. The molecule has 0 bridgehead atoms. The van der Waals surface area contributed by atoms with Crippen molar-refractivity contribution in [2.75, 3.05) is 5.32 Å². The number of rotatable bonds is 5. The highest BCUT2D eigenvalue weighted by atomic mass is 32.1. The molecule has 0 amide bonds. The molecule has 21 heavy (non-hydrogen) atoms. The second kappa shape index (κ2) is 5.62. The van der Waals surface area contributed by atoms with Crippen LogP contribution in [0.15, 0.2) is 53.4 Å². The molecule has 1 aromatic carbocycles. The maximum atomic E-state index is 4.36. The minimum Gasteiger partial charge on any atom is -0.377 e. The predicted octanol–water partition coefficient (Wildman–Crippen LogP) is 5.43. The van der Waals surface area contributed by atoms with Crippen LogP contribution in [0.3, 0.4) is 0 Å². The smallest absolute Gasteiger partial charge is 0.123 e. The molecule has 2 heterocycles. The van der Waals surface area contributed by atoms with Gasteiger partial charge in [-0.05, 0) is 54.5 Å². The maximum absolute atomic E-state index is 4.36. The molecule has 1 saturated carbocycles. The van der Waals surface area contributed by atoms with Crippen LogP contribution in [0.25, 0.3) is 10.6 Å². The van der Waals surface area contributed by atoms with E-state index in [0.717, 1.165) is 10.9 Å². The van der Waals surface area contributed by atoms with Gasteiger partial charge in [-0.2, -0.15) is 0 Å². The van der Waals surface area contributed by atoms with Crippen LogP contribution in [0.2, 0.25) is 0 Å². The summed E-state index contributed by atoms with van der Waals surface area (Å²) in [7, 11) is 0. The van der Waals surface area contributed by atoms with Gasteiger partial charge >= 0.3 is 0 Å². The lowest BCUT2D eigenvalue weighted by molar-refractivity contribution is 0.691. The van der Waals surface area contributed by atoms with Crippen LogP contribution in [-0.2, 0) is 0 Å². The Labute approximate surface area is 132 Å². The van der Waals surface area contributed by atoms with Crippen LogP contribution in [0.4, 0.5) is 5.69 Å². The number of nitrogens with zero attached hydrogens (tertiary/aromatic N) is 1. The highest BCUT2D eigenvalue weighted by molar-refractivity contribution is 7.13. The second-order valence-electron chi connectivity index (χ2n) is 5.39. The number of anilines is 1. The summed E-state index contributed by atoms with van der Waals surface area (Å²) in [6.07, 6.45) is 4.53. The van der Waals surface area contributed by atoms with Gasteiger partial charge in [0.1, 0.15) is 5.01 Å². The molecule has 0 spiro atoms. The van der Waals surface area contributed by atoms with E-state index in [0.29, 0.717) is 6.04 Å². The van der Waals surface area contributed by atoms with Gasteiger partial charge in [-0.15, -0.1) is 22.7 Å². The van der Waals surface area contributed by atoms with Gasteiger partial charge in [0.2, 0.25) is 0 Å². The summed E-state index contributed by atoms with van der Waals surface area (Å²) in [6, 6.07) is 13.5. The van der Waals surface area contributed by atoms with Crippen molar-refractivity contribution in [2.45, 2.75) is 18.9 Å². The fourth-order valence-corrected chi connectivity index (χ4v) is 4.09. The first-order valence-corrected chi connectivity index (χ1v) is 8.96. The quantitative estimate of drug-likeness (QED) is 0.679. The van der Waals surface area contributed by atoms with Crippen LogP contribution in [0, 0.1) is 5.92 Å². The molecular weight excluding hydrogens is 296 g/mol. The van der Waals surface area contributed by atoms with E-state index in [9.17, 15) is 0 Å². The summed E-state index contributed by atoms with van der Waals surface area (Å²) in [6.45, 7) is 0. The number of hydrogen-bond acceptors (Lipinski definition) is 4. The lowest BCUT2D eigenvalue weighted by atomic mass is 10.1. The molecule has 1 unspecified atom stereocenters. The Bertz CT molecular complexity index is 683. The summed E-state index contributed by atoms with van der Waals surface area (Å²) < 4.78 is 0. The first-order chi connectivity index (χ1) is 10.4. The summed E-state index contributed by atoms with van der Waals surface area (Å²) in [4.78, 5) is 5.80. The maximum Gasteiger partial charge on any atom is 0.123 e. The molecule has 106 valence electrons. The average Bonchev–Trinajstić information content (AvgIpc) is 3.01. The molecule has 4 rings (SSSR count). The molecule has 1 atom stereocenters. The number of benzene rings is 1. The van der Waals surface area contributed by atoms with Crippen molar-refractivity contribution in [1.29, 1.82) is 0 Å². The summed E-state index contributed by atoms with van der Waals surface area (Å²) in [5.41, 5.74) is 2.38. The van der Waals surface area contributed by atoms with Crippen molar-refractivity contribution in [3.8, 4) is 10.6 Å². The SMILES string of the molecule is c1csc(C(Nc2ccc(-c3nccs3)cc2)C2CC2)c1. The van der Waals surface area contributed by atoms with Crippen LogP contribution < -0.4 is 5.32 Å². The van der Waals surface area contributed by atoms with E-state index in [1.165, 1.54) is 29.0 Å². The Hall–Kier alpha value is -1.65. The zero-order valence-electron chi connectivity index (χ0n) is 11.5. The van der Waals surface area contributed by atoms with Crippen molar-refractivity contribution >= 4 is 28.4 Å². The fraction of sp³-hybridized carbons (Fsp3) is 0.235. The van der Waals surface area contributed by atoms with Crippen LogP contribution in [-0.4, -0.2) is 4.98 Å². The molecule has 2 aromatic heterocycles. The van der Waals surface area contributed by atoms with Gasteiger partial charge in [-0.1, -0.05) is 6.07 Å². The van der Waals surface area contributed by atoms with E-state index in [1.807, 2.05) is 22.9 Å². The first-order valence-electron chi connectivity index (χ1n) is 7.20. The Balaban J connectivity index is 1.53. The molecule has 1 aliphatic rings. The molecule has 1 aliphatic carbocycles. The van der Waals surface area contributed by atoms with Crippen molar-refractivity contribution in [3.63, 3.8) is 0 Å². The molecule has 4 heteroatoms. The Kier molecular flexibility index (Phi) is 3.49. The van der Waals surface area contributed by atoms with E-state index in [-0.39, 0.29) is 0 Å². The number of thiazole rings is 1. The highest BCUT2D eigenvalue weighted by Crippen LogP contribution is 2.44. The van der Waals surface area contributed by atoms with Crippen LogP contribution >= 0.6 is 22.7 Å². The third kappa shape index (κ3) is 2.87. The molecular formula is C17H16N2S2. The van der Waals surface area contributed by atoms with Crippen LogP contribution in [0.1, 0.15) is 23.8 Å². The van der Waals surface area contributed by atoms with Crippen LogP contribution in [0.5, 0.6) is 0 Å². The lowest BCUT2D eigenvalue weighted by Crippen LogP contribution is -2.11. The van der Waals surface area contributed by atoms with E-state index >= 15 is 0 Å². The average molecular weight is 312 g/mol. The number of aromatic nitrogens is 1. The van der Waals surface area contributed by atoms with E-state index < -0.39 is 0 Å². The van der Waals surface area contributed by atoms with Gasteiger partial charge in [-0.25, -0.2) is 4.98 Å². The van der Waals surface area contributed by atoms with E-state index in [4.69, 9.17) is 0 Å². The van der Waals surface area contributed by atoms with Crippen molar-refractivity contribution < 1.29 is 0 Å². The third-order valence-electron chi connectivity index (χ3n) is 3.83. The van der Waals surface area contributed by atoms with Gasteiger partial charge in [0, 0.05) is 27.7 Å². The molecule has 0 radical (unpaired) electrons. The van der Waals surface area contributed by atoms with Gasteiger partial charge in [0.05, 0.1) is 6.04 Å². The monoisotopic (exact) mass is 312 g/mol. The first kappa shape index (κ1) is 13.0. The standard InChI is InChI=1S/C17H16N2S2/c1-2-15(20-10-1)16(12-3-4-12)19-14-7-5-13(6-8-14)17-18-9-11-21-17/h1-2,5-12,16,19H,3-4H2. The molecule has 3 aromatic rings. The predicted molar refractivity (Wildman–Crippen MR) is 91.0 cm³/mol. The number of nitrogens with one attached hydrogen (secondary N) is 1. The van der Waals surface area contributed by atoms with Gasteiger partial charge in [-0.3, -0.25) is 0 Å². The topological polar surface area (TPSA) is 24.9 Å². The minimum atomic E-state index is 0.468. The largest absolute Gasteiger partial charge is 0.377 e. The van der Waals surface area contributed by atoms with Gasteiger partial charge in [0.15, 0.2) is 0 Å². The second-order valence-corrected chi connectivity index (χ2v) is 7.26. The molecule has 1 fully saturated rings. The highest BCUT2D eigenvalue weighted by Gasteiger charge is 2.32. The third-order valence-corrected chi connectivity index (χ3v) is 5.61. The lowest BCUT2D eigenvalue weighted by Gasteiger charge is -2.18. The molecule has 0 saturated heterocycles. The summed E-state index contributed by atoms with van der Waals surface area (Å²) >= 11 is 3.53. The van der Waals surface area contributed by atoms with E-state index in [1.54, 1.807) is 11.3 Å². The normalized spacial score (nSPS) is 15.8. The zero-order valence-corrected chi connectivity index (χ0v) is 13.2. The molecule has 1 N–H and O–H groups in total. The van der Waals surface area contributed by atoms with Gasteiger partial charge < -0.3 is 5.32 Å². The molecule has 2 nitrogen and oxygen atoms in total. The van der Waals surface area contributed by atoms with Crippen molar-refractivity contribution in [3.05, 3.63) is 58.2 Å². The number of thiophene rings is 1. The molecule has 0 aliphatic heterocycles. The fourth-order valence-electron chi connectivity index (χ4n) is 2.57. The Morgan fingerprint density at radius 1 is 1.05 bits per heavy atom. The summed E-state index contributed by atoms with van der Waals surface area (Å²) in [5.74, 6) is 0.794. The van der Waals surface area contributed by atoms with Crippen molar-refractivity contribution in [1.82, 2.24) is 4.98 Å². The Morgan fingerprint density at radius 2 is 1.90 bits per heavy atom. The van der Waals surface area contributed by atoms with Gasteiger partial charge in [0.25, 0.3) is 0 Å².